The summed E-state index contributed by atoms with van der Waals surface area (Å²) >= 11 is 0. The van der Waals surface area contributed by atoms with Crippen LogP contribution in [0, 0.1) is 0 Å². The molecule has 5 heterocycles. The summed E-state index contributed by atoms with van der Waals surface area (Å²) in [6.45, 7) is 1.76. The van der Waals surface area contributed by atoms with Gasteiger partial charge in [-0.1, -0.05) is 6.07 Å². The van der Waals surface area contributed by atoms with Crippen molar-refractivity contribution in [2.75, 3.05) is 17.7 Å². The number of hydrogen-bond acceptors (Lipinski definition) is 9. The molecular weight excluding hydrogens is 450 g/mol. The average molecular weight is 471 g/mol. The molecule has 12 nitrogen and oxygen atoms in total. The number of carbonyl (C=O) groups excluding carboxylic acids is 1. The Labute approximate surface area is 198 Å². The Morgan fingerprint density at radius 3 is 2.77 bits per heavy atom. The molecule has 1 atom stereocenters. The van der Waals surface area contributed by atoms with Crippen molar-refractivity contribution in [2.24, 2.45) is 0 Å². The van der Waals surface area contributed by atoms with E-state index in [1.165, 1.54) is 27.7 Å². The lowest BCUT2D eigenvalue weighted by atomic mass is 10.2. The molecule has 35 heavy (non-hydrogen) atoms. The first kappa shape index (κ1) is 21.8. The molecule has 0 aromatic carbocycles. The largest absolute Gasteiger partial charge is 0.447 e. The number of oxazole rings is 1. The van der Waals surface area contributed by atoms with E-state index in [0.717, 1.165) is 0 Å². The lowest BCUT2D eigenvalue weighted by Gasteiger charge is -2.12. The van der Waals surface area contributed by atoms with Crippen LogP contribution in [0.1, 0.15) is 29.2 Å². The van der Waals surface area contributed by atoms with Crippen LogP contribution in [0.5, 0.6) is 0 Å². The Bertz CT molecular complexity index is 1540. The topological polar surface area (TPSA) is 144 Å². The molecular formula is C23H21N9O3. The molecule has 0 aliphatic heterocycles. The Balaban J connectivity index is 1.49. The van der Waals surface area contributed by atoms with Crippen molar-refractivity contribution >= 4 is 28.9 Å². The monoisotopic (exact) mass is 471 g/mol. The highest BCUT2D eigenvalue weighted by Crippen LogP contribution is 2.21. The minimum absolute atomic E-state index is 0.252. The van der Waals surface area contributed by atoms with E-state index in [1.54, 1.807) is 62.8 Å². The van der Waals surface area contributed by atoms with Crippen molar-refractivity contribution in [3.8, 4) is 5.82 Å². The summed E-state index contributed by atoms with van der Waals surface area (Å²) in [6, 6.07) is 9.94. The van der Waals surface area contributed by atoms with Gasteiger partial charge in [0, 0.05) is 25.5 Å². The van der Waals surface area contributed by atoms with E-state index in [4.69, 9.17) is 4.42 Å². The van der Waals surface area contributed by atoms with Crippen LogP contribution in [0.15, 0.2) is 76.7 Å². The number of rotatable bonds is 7. The third kappa shape index (κ3) is 4.19. The van der Waals surface area contributed by atoms with Crippen LogP contribution in [0.4, 0.5) is 17.3 Å². The predicted molar refractivity (Wildman–Crippen MR) is 128 cm³/mol. The zero-order valence-electron chi connectivity index (χ0n) is 18.8. The first-order valence-corrected chi connectivity index (χ1v) is 10.7. The zero-order chi connectivity index (χ0) is 24.4. The minimum atomic E-state index is -0.452. The number of anilines is 3. The molecule has 0 unspecified atom stereocenters. The van der Waals surface area contributed by atoms with Gasteiger partial charge in [-0.25, -0.2) is 15.0 Å². The number of pyridine rings is 2. The fourth-order valence-electron chi connectivity index (χ4n) is 3.55. The summed E-state index contributed by atoms with van der Waals surface area (Å²) in [5.74, 6) is 1.41. The van der Waals surface area contributed by atoms with Crippen LogP contribution in [-0.2, 0) is 0 Å². The van der Waals surface area contributed by atoms with Gasteiger partial charge in [-0.2, -0.15) is 9.61 Å². The number of nitrogens with one attached hydrogen (secondary N) is 3. The van der Waals surface area contributed by atoms with E-state index >= 15 is 0 Å². The molecule has 1 amide bonds. The van der Waals surface area contributed by atoms with Gasteiger partial charge in [0.2, 0.25) is 5.89 Å². The maximum Gasteiger partial charge on any atom is 0.279 e. The van der Waals surface area contributed by atoms with E-state index in [9.17, 15) is 9.59 Å². The summed E-state index contributed by atoms with van der Waals surface area (Å²) < 4.78 is 8.20. The zero-order valence-corrected chi connectivity index (χ0v) is 18.8. The number of amides is 1. The fraction of sp³-hybridized carbons (Fsp3) is 0.130. The summed E-state index contributed by atoms with van der Waals surface area (Å²) in [5, 5.41) is 13.2. The molecule has 0 radical (unpaired) electrons. The Kier molecular flexibility index (Phi) is 5.67. The second kappa shape index (κ2) is 9.09. The molecule has 0 fully saturated rings. The highest BCUT2D eigenvalue weighted by molar-refractivity contribution is 6.00. The van der Waals surface area contributed by atoms with Crippen LogP contribution in [-0.4, -0.2) is 42.1 Å². The Morgan fingerprint density at radius 2 is 2.03 bits per heavy atom. The van der Waals surface area contributed by atoms with Crippen molar-refractivity contribution < 1.29 is 9.21 Å². The van der Waals surface area contributed by atoms with Gasteiger partial charge in [-0.3, -0.25) is 14.2 Å². The minimum Gasteiger partial charge on any atom is -0.447 e. The SMILES string of the molecule is CNc1cc(Nc2cccn(-c3ccccn3)c2=O)nc2c(C(=O)N[C@H](C)c3ncco3)cnn12. The van der Waals surface area contributed by atoms with Crippen molar-refractivity contribution in [1.82, 2.24) is 34.4 Å². The number of hydrogen-bond donors (Lipinski definition) is 3. The maximum atomic E-state index is 13.1. The van der Waals surface area contributed by atoms with Crippen LogP contribution in [0.2, 0.25) is 0 Å². The first-order valence-electron chi connectivity index (χ1n) is 10.7. The third-order valence-electron chi connectivity index (χ3n) is 5.25. The van der Waals surface area contributed by atoms with Gasteiger partial charge in [0.15, 0.2) is 5.65 Å². The normalized spacial score (nSPS) is 11.8. The summed E-state index contributed by atoms with van der Waals surface area (Å²) in [5.41, 5.74) is 0.546. The highest BCUT2D eigenvalue weighted by Gasteiger charge is 2.21. The van der Waals surface area contributed by atoms with Crippen LogP contribution in [0.3, 0.4) is 0 Å². The highest BCUT2D eigenvalue weighted by atomic mass is 16.3. The summed E-state index contributed by atoms with van der Waals surface area (Å²) in [4.78, 5) is 38.9. The van der Waals surface area contributed by atoms with Crippen LogP contribution in [0.25, 0.3) is 11.5 Å². The molecule has 3 N–H and O–H groups in total. The molecule has 176 valence electrons. The summed E-state index contributed by atoms with van der Waals surface area (Å²) in [6.07, 6.45) is 7.64. The van der Waals surface area contributed by atoms with Crippen molar-refractivity contribution in [3.05, 3.63) is 89.3 Å². The van der Waals surface area contributed by atoms with Gasteiger partial charge in [-0.15, -0.1) is 0 Å². The molecule has 0 spiro atoms. The Hall–Kier alpha value is -5.00. The molecule has 0 aliphatic carbocycles. The van der Waals surface area contributed by atoms with Gasteiger partial charge >= 0.3 is 0 Å². The van der Waals surface area contributed by atoms with Gasteiger partial charge in [0.25, 0.3) is 11.5 Å². The summed E-state index contributed by atoms with van der Waals surface area (Å²) in [7, 11) is 1.72. The molecule has 12 heteroatoms. The van der Waals surface area contributed by atoms with E-state index < -0.39 is 11.9 Å². The fourth-order valence-corrected chi connectivity index (χ4v) is 3.55. The van der Waals surface area contributed by atoms with E-state index in [0.29, 0.717) is 34.7 Å². The molecule has 5 aromatic heterocycles. The number of nitrogens with zero attached hydrogens (tertiary/aromatic N) is 6. The average Bonchev–Trinajstić information content (AvgIpc) is 3.56. The molecule has 5 rings (SSSR count). The molecule has 0 aliphatic rings. The van der Waals surface area contributed by atoms with Crippen molar-refractivity contribution in [1.29, 1.82) is 0 Å². The van der Waals surface area contributed by atoms with Crippen molar-refractivity contribution in [2.45, 2.75) is 13.0 Å². The number of carbonyl (C=O) groups is 1. The van der Waals surface area contributed by atoms with E-state index in [2.05, 4.69) is 36.0 Å². The Morgan fingerprint density at radius 1 is 1.14 bits per heavy atom. The van der Waals surface area contributed by atoms with E-state index in [-0.39, 0.29) is 11.1 Å². The molecule has 5 aromatic rings. The van der Waals surface area contributed by atoms with Crippen LogP contribution >= 0.6 is 0 Å². The maximum absolute atomic E-state index is 13.1. The van der Waals surface area contributed by atoms with Gasteiger partial charge in [-0.05, 0) is 31.2 Å². The number of aromatic nitrogens is 6. The number of fused-ring (bicyclic) bond motifs is 1. The van der Waals surface area contributed by atoms with E-state index in [1.807, 2.05) is 0 Å². The first-order chi connectivity index (χ1) is 17.0. The molecule has 0 bridgehead atoms. The third-order valence-corrected chi connectivity index (χ3v) is 5.25. The van der Waals surface area contributed by atoms with Gasteiger partial charge in [0.1, 0.15) is 41.0 Å². The smallest absolute Gasteiger partial charge is 0.279 e. The predicted octanol–water partition coefficient (Wildman–Crippen LogP) is 2.54. The van der Waals surface area contributed by atoms with Crippen molar-refractivity contribution in [3.63, 3.8) is 0 Å². The molecule has 0 saturated carbocycles. The standard InChI is InChI=1S/C23H21N9O3/c1-14(22-26-9-11-35-22)28-21(33)15-13-27-32-19(24-2)12-17(30-20(15)32)29-16-6-5-10-31(23(16)34)18-7-3-4-8-25-18/h3-14,24H,1-2H3,(H,28,33)(H,29,30)/t14-/m1/s1. The second-order valence-corrected chi connectivity index (χ2v) is 7.55. The van der Waals surface area contributed by atoms with Gasteiger partial charge in [0.05, 0.1) is 12.4 Å². The second-order valence-electron chi connectivity index (χ2n) is 7.55. The molecule has 0 saturated heterocycles. The lowest BCUT2D eigenvalue weighted by molar-refractivity contribution is 0.0935. The van der Waals surface area contributed by atoms with Gasteiger partial charge < -0.3 is 20.4 Å². The van der Waals surface area contributed by atoms with Crippen LogP contribution < -0.4 is 21.5 Å². The quantitative estimate of drug-likeness (QED) is 0.326. The lowest BCUT2D eigenvalue weighted by Crippen LogP contribution is -2.27.